The third-order valence-electron chi connectivity index (χ3n) is 2.42. The summed E-state index contributed by atoms with van der Waals surface area (Å²) in [6.07, 6.45) is -2.66. The highest BCUT2D eigenvalue weighted by Crippen LogP contribution is 2.34. The zero-order chi connectivity index (χ0) is 15.0. The quantitative estimate of drug-likeness (QED) is 0.936. The van der Waals surface area contributed by atoms with E-state index in [9.17, 15) is 21.6 Å². The zero-order valence-corrected chi connectivity index (χ0v) is 11.8. The van der Waals surface area contributed by atoms with Crippen LogP contribution in [0.2, 0.25) is 0 Å². The summed E-state index contributed by atoms with van der Waals surface area (Å²) < 4.78 is 65.6. The minimum absolute atomic E-state index is 0.171. The predicted molar refractivity (Wildman–Crippen MR) is 66.6 cm³/mol. The lowest BCUT2D eigenvalue weighted by Crippen LogP contribution is -2.37. The number of sulfonamides is 1. The van der Waals surface area contributed by atoms with E-state index in [-0.39, 0.29) is 9.77 Å². The lowest BCUT2D eigenvalue weighted by Gasteiger charge is -2.19. The van der Waals surface area contributed by atoms with Crippen LogP contribution in [0, 0.1) is 0 Å². The molecule has 0 aliphatic rings. The van der Waals surface area contributed by atoms with Crippen molar-refractivity contribution in [2.24, 2.45) is 7.05 Å². The average Bonchev–Trinajstić information content (AvgIpc) is 2.95. The summed E-state index contributed by atoms with van der Waals surface area (Å²) in [6, 6.07) is 0.360. The summed E-state index contributed by atoms with van der Waals surface area (Å²) in [4.78, 5) is 0. The van der Waals surface area contributed by atoms with Crippen LogP contribution in [-0.2, 0) is 17.1 Å². The number of aromatic nitrogens is 2. The minimum Gasteiger partial charge on any atom is -0.275 e. The zero-order valence-electron chi connectivity index (χ0n) is 10.1. The fraction of sp³-hybridized carbons (Fsp3) is 0.300. The Morgan fingerprint density at radius 2 is 2.15 bits per heavy atom. The summed E-state index contributed by atoms with van der Waals surface area (Å²) in [6.45, 7) is 0. The number of nitrogens with zero attached hydrogens (tertiary/aromatic N) is 2. The van der Waals surface area contributed by atoms with Crippen LogP contribution in [0.3, 0.4) is 0 Å². The van der Waals surface area contributed by atoms with E-state index in [1.54, 1.807) is 4.72 Å². The van der Waals surface area contributed by atoms with Gasteiger partial charge in [-0.25, -0.2) is 8.42 Å². The number of hydrogen-bond donors (Lipinski definition) is 1. The van der Waals surface area contributed by atoms with E-state index in [0.717, 1.165) is 23.7 Å². The van der Waals surface area contributed by atoms with E-state index in [0.29, 0.717) is 0 Å². The Balaban J connectivity index is 2.35. The van der Waals surface area contributed by atoms with E-state index < -0.39 is 22.2 Å². The molecule has 0 amide bonds. The van der Waals surface area contributed by atoms with E-state index >= 15 is 0 Å². The molecular weight excluding hydrogens is 315 g/mol. The highest BCUT2D eigenvalue weighted by molar-refractivity contribution is 7.91. The van der Waals surface area contributed by atoms with Gasteiger partial charge in [-0.2, -0.15) is 23.0 Å². The standard InChI is InChI=1S/C10H10F3N3O2S2/c1-16-6-7(5-14-16)9(10(11,12)13)15-20(17,18)8-3-2-4-19-8/h2-6,9,15H,1H3/t9-/m0/s1. The summed E-state index contributed by atoms with van der Waals surface area (Å²) in [5.41, 5.74) is -0.264. The lowest BCUT2D eigenvalue weighted by atomic mass is 10.2. The van der Waals surface area contributed by atoms with Gasteiger partial charge in [0, 0.05) is 18.8 Å². The van der Waals surface area contributed by atoms with Gasteiger partial charge in [-0.3, -0.25) is 4.68 Å². The number of hydrogen-bond acceptors (Lipinski definition) is 4. The number of alkyl halides is 3. The average molecular weight is 325 g/mol. The Labute approximate surface area is 117 Å². The molecule has 0 aliphatic heterocycles. The monoisotopic (exact) mass is 325 g/mol. The largest absolute Gasteiger partial charge is 0.409 e. The van der Waals surface area contributed by atoms with Crippen LogP contribution >= 0.6 is 11.3 Å². The number of nitrogens with one attached hydrogen (secondary N) is 1. The second kappa shape index (κ2) is 5.19. The molecule has 10 heteroatoms. The first-order valence-corrected chi connectivity index (χ1v) is 7.67. The van der Waals surface area contributed by atoms with Gasteiger partial charge >= 0.3 is 6.18 Å². The molecule has 0 fully saturated rings. The topological polar surface area (TPSA) is 64.0 Å². The first-order chi connectivity index (χ1) is 9.20. The van der Waals surface area contributed by atoms with Crippen molar-refractivity contribution in [3.05, 3.63) is 35.5 Å². The first-order valence-electron chi connectivity index (χ1n) is 5.31. The molecule has 0 aromatic carbocycles. The van der Waals surface area contributed by atoms with Crippen molar-refractivity contribution in [2.75, 3.05) is 0 Å². The summed E-state index contributed by atoms with van der Waals surface area (Å²) >= 11 is 0.844. The fourth-order valence-electron chi connectivity index (χ4n) is 1.54. The van der Waals surface area contributed by atoms with E-state index in [2.05, 4.69) is 5.10 Å². The number of thiophene rings is 1. The van der Waals surface area contributed by atoms with Crippen molar-refractivity contribution >= 4 is 21.4 Å². The predicted octanol–water partition coefficient (Wildman–Crippen LogP) is 2.06. The van der Waals surface area contributed by atoms with Crippen LogP contribution in [0.4, 0.5) is 13.2 Å². The van der Waals surface area contributed by atoms with Crippen molar-refractivity contribution in [2.45, 2.75) is 16.4 Å². The maximum Gasteiger partial charge on any atom is 0.409 e. The van der Waals surface area contributed by atoms with Crippen molar-refractivity contribution < 1.29 is 21.6 Å². The molecule has 110 valence electrons. The molecule has 1 N–H and O–H groups in total. The van der Waals surface area contributed by atoms with Crippen molar-refractivity contribution in [3.63, 3.8) is 0 Å². The molecule has 0 radical (unpaired) electrons. The van der Waals surface area contributed by atoms with Crippen LogP contribution in [0.1, 0.15) is 11.6 Å². The smallest absolute Gasteiger partial charge is 0.275 e. The van der Waals surface area contributed by atoms with Gasteiger partial charge < -0.3 is 0 Å². The van der Waals surface area contributed by atoms with Gasteiger partial charge in [0.15, 0.2) is 0 Å². The third kappa shape index (κ3) is 3.19. The Hall–Kier alpha value is -1.39. The van der Waals surface area contributed by atoms with Gasteiger partial charge in [-0.1, -0.05) is 6.07 Å². The molecule has 5 nitrogen and oxygen atoms in total. The number of aryl methyl sites for hydroxylation is 1. The van der Waals surface area contributed by atoms with Gasteiger partial charge in [0.25, 0.3) is 10.0 Å². The van der Waals surface area contributed by atoms with Gasteiger partial charge in [-0.15, -0.1) is 11.3 Å². The molecule has 0 bridgehead atoms. The van der Waals surface area contributed by atoms with Crippen LogP contribution in [0.5, 0.6) is 0 Å². The molecule has 0 unspecified atom stereocenters. The molecule has 2 aromatic rings. The van der Waals surface area contributed by atoms with Crippen LogP contribution in [-0.4, -0.2) is 24.4 Å². The van der Waals surface area contributed by atoms with Crippen molar-refractivity contribution in [1.82, 2.24) is 14.5 Å². The van der Waals surface area contributed by atoms with Crippen molar-refractivity contribution in [3.8, 4) is 0 Å². The molecule has 20 heavy (non-hydrogen) atoms. The molecule has 0 saturated carbocycles. The molecule has 0 spiro atoms. The molecular formula is C10H10F3N3O2S2. The highest BCUT2D eigenvalue weighted by atomic mass is 32.2. The van der Waals surface area contributed by atoms with Crippen LogP contribution in [0.25, 0.3) is 0 Å². The number of halogens is 3. The Morgan fingerprint density at radius 3 is 2.60 bits per heavy atom. The summed E-state index contributed by atoms with van der Waals surface area (Å²) in [5.74, 6) is 0. The van der Waals surface area contributed by atoms with Gasteiger partial charge in [0.1, 0.15) is 10.3 Å². The van der Waals surface area contributed by atoms with E-state index in [1.807, 2.05) is 0 Å². The van der Waals surface area contributed by atoms with Crippen LogP contribution < -0.4 is 4.72 Å². The normalized spacial score (nSPS) is 14.4. The third-order valence-corrected chi connectivity index (χ3v) is 5.24. The molecule has 0 saturated heterocycles. The van der Waals surface area contributed by atoms with Gasteiger partial charge in [0.05, 0.1) is 6.20 Å². The number of rotatable bonds is 4. The van der Waals surface area contributed by atoms with Gasteiger partial charge in [0.2, 0.25) is 0 Å². The van der Waals surface area contributed by atoms with Gasteiger partial charge in [-0.05, 0) is 11.4 Å². The lowest BCUT2D eigenvalue weighted by molar-refractivity contribution is -0.153. The van der Waals surface area contributed by atoms with Crippen molar-refractivity contribution in [1.29, 1.82) is 0 Å². The maximum absolute atomic E-state index is 13.0. The van der Waals surface area contributed by atoms with E-state index in [4.69, 9.17) is 0 Å². The first kappa shape index (κ1) is 15.0. The SMILES string of the molecule is Cn1cc([C@H](NS(=O)(=O)c2cccs2)C(F)(F)F)cn1. The fourth-order valence-corrected chi connectivity index (χ4v) is 3.76. The molecule has 0 aliphatic carbocycles. The van der Waals surface area contributed by atoms with Crippen LogP contribution in [0.15, 0.2) is 34.1 Å². The summed E-state index contributed by atoms with van der Waals surface area (Å²) in [5, 5.41) is 5.10. The molecule has 1 atom stereocenters. The molecule has 2 aromatic heterocycles. The second-order valence-electron chi connectivity index (χ2n) is 3.98. The molecule has 2 heterocycles. The Kier molecular flexibility index (Phi) is 3.89. The minimum atomic E-state index is -4.76. The maximum atomic E-state index is 13.0. The second-order valence-corrected chi connectivity index (χ2v) is 6.86. The Morgan fingerprint density at radius 1 is 1.45 bits per heavy atom. The highest BCUT2D eigenvalue weighted by Gasteiger charge is 2.44. The van der Waals surface area contributed by atoms with E-state index in [1.165, 1.54) is 29.2 Å². The summed E-state index contributed by atoms with van der Waals surface area (Å²) in [7, 11) is -2.78. The Bertz CT molecular complexity index is 677. The molecule has 2 rings (SSSR count).